The highest BCUT2D eigenvalue weighted by Gasteiger charge is 2.33. The standard InChI is InChI=1S/C23H20ClN5O/c1-14-21-17(22(28(2)27-21)15-5-3-6-16(24)13-15)10-12-29(14)23(30)20-9-8-18-19(26-20)7-4-11-25-18/h3-9,11,13-14H,10,12H2,1-2H3/t14-/m0/s1. The first-order chi connectivity index (χ1) is 14.5. The Morgan fingerprint density at radius 1 is 1.13 bits per heavy atom. The van der Waals surface area contributed by atoms with Gasteiger partial charge in [-0.3, -0.25) is 14.5 Å². The summed E-state index contributed by atoms with van der Waals surface area (Å²) < 4.78 is 1.89. The minimum atomic E-state index is -0.147. The fraction of sp³-hybridized carbons (Fsp3) is 0.217. The Labute approximate surface area is 179 Å². The Morgan fingerprint density at radius 2 is 2.00 bits per heavy atom. The molecule has 30 heavy (non-hydrogen) atoms. The lowest BCUT2D eigenvalue weighted by molar-refractivity contribution is 0.0668. The first kappa shape index (κ1) is 18.8. The average molecular weight is 418 g/mol. The molecule has 6 nitrogen and oxygen atoms in total. The van der Waals surface area contributed by atoms with Crippen molar-refractivity contribution >= 4 is 28.5 Å². The molecule has 5 rings (SSSR count). The highest BCUT2D eigenvalue weighted by atomic mass is 35.5. The van der Waals surface area contributed by atoms with E-state index in [4.69, 9.17) is 16.7 Å². The molecule has 1 aromatic carbocycles. The van der Waals surface area contributed by atoms with Crippen LogP contribution in [-0.4, -0.2) is 37.1 Å². The predicted octanol–water partition coefficient (Wildman–Crippen LogP) is 4.44. The quantitative estimate of drug-likeness (QED) is 0.483. The Kier molecular flexibility index (Phi) is 4.51. The molecule has 1 amide bonds. The first-order valence-electron chi connectivity index (χ1n) is 9.87. The van der Waals surface area contributed by atoms with Crippen molar-refractivity contribution in [2.75, 3.05) is 6.54 Å². The Morgan fingerprint density at radius 3 is 2.83 bits per heavy atom. The van der Waals surface area contributed by atoms with E-state index >= 15 is 0 Å². The third-order valence-electron chi connectivity index (χ3n) is 5.68. The second kappa shape index (κ2) is 7.22. The molecule has 0 radical (unpaired) electrons. The van der Waals surface area contributed by atoms with Crippen molar-refractivity contribution in [3.63, 3.8) is 0 Å². The number of carbonyl (C=O) groups excluding carboxylic acids is 1. The van der Waals surface area contributed by atoms with Crippen LogP contribution in [0.15, 0.2) is 54.7 Å². The highest BCUT2D eigenvalue weighted by Crippen LogP contribution is 2.36. The summed E-state index contributed by atoms with van der Waals surface area (Å²) in [6.45, 7) is 2.63. The highest BCUT2D eigenvalue weighted by molar-refractivity contribution is 6.30. The van der Waals surface area contributed by atoms with E-state index in [2.05, 4.69) is 9.97 Å². The molecule has 0 saturated carbocycles. The number of nitrogens with zero attached hydrogens (tertiary/aromatic N) is 5. The summed E-state index contributed by atoms with van der Waals surface area (Å²) >= 11 is 6.21. The van der Waals surface area contributed by atoms with Gasteiger partial charge in [0.05, 0.1) is 28.5 Å². The van der Waals surface area contributed by atoms with Gasteiger partial charge < -0.3 is 4.90 Å². The number of aromatic nitrogens is 4. The number of carbonyl (C=O) groups is 1. The number of pyridine rings is 2. The summed E-state index contributed by atoms with van der Waals surface area (Å²) in [6, 6.07) is 14.9. The van der Waals surface area contributed by atoms with Crippen molar-refractivity contribution < 1.29 is 4.79 Å². The molecule has 7 heteroatoms. The number of halogens is 1. The minimum Gasteiger partial charge on any atom is -0.329 e. The maximum absolute atomic E-state index is 13.3. The predicted molar refractivity (Wildman–Crippen MR) is 116 cm³/mol. The Hall–Kier alpha value is -3.25. The van der Waals surface area contributed by atoms with Crippen LogP contribution in [0.1, 0.15) is 34.7 Å². The van der Waals surface area contributed by atoms with Crippen molar-refractivity contribution in [1.82, 2.24) is 24.6 Å². The van der Waals surface area contributed by atoms with Gasteiger partial charge in [-0.2, -0.15) is 5.10 Å². The van der Waals surface area contributed by atoms with Crippen LogP contribution in [-0.2, 0) is 13.5 Å². The number of fused-ring (bicyclic) bond motifs is 2. The molecular weight excluding hydrogens is 398 g/mol. The lowest BCUT2D eigenvalue weighted by Gasteiger charge is -2.32. The van der Waals surface area contributed by atoms with E-state index < -0.39 is 0 Å². The fourth-order valence-electron chi connectivity index (χ4n) is 4.24. The lowest BCUT2D eigenvalue weighted by Crippen LogP contribution is -2.39. The molecule has 0 bridgehead atoms. The zero-order chi connectivity index (χ0) is 20.8. The fourth-order valence-corrected chi connectivity index (χ4v) is 4.43. The molecule has 3 aromatic heterocycles. The van der Waals surface area contributed by atoms with Gasteiger partial charge in [-0.25, -0.2) is 4.98 Å². The molecule has 4 heterocycles. The second-order valence-corrected chi connectivity index (χ2v) is 7.95. The number of benzene rings is 1. The van der Waals surface area contributed by atoms with Crippen molar-refractivity contribution in [2.45, 2.75) is 19.4 Å². The van der Waals surface area contributed by atoms with Crippen LogP contribution >= 0.6 is 11.6 Å². The van der Waals surface area contributed by atoms with Gasteiger partial charge in [-0.1, -0.05) is 23.7 Å². The summed E-state index contributed by atoms with van der Waals surface area (Å²) in [5.41, 5.74) is 6.11. The normalized spacial score (nSPS) is 16.0. The molecule has 1 aliphatic rings. The van der Waals surface area contributed by atoms with E-state index in [-0.39, 0.29) is 11.9 Å². The second-order valence-electron chi connectivity index (χ2n) is 7.51. The zero-order valence-corrected chi connectivity index (χ0v) is 17.5. The van der Waals surface area contributed by atoms with E-state index in [9.17, 15) is 4.79 Å². The van der Waals surface area contributed by atoms with Gasteiger partial charge in [0.2, 0.25) is 0 Å². The van der Waals surface area contributed by atoms with E-state index in [0.717, 1.165) is 34.4 Å². The maximum Gasteiger partial charge on any atom is 0.273 e. The third kappa shape index (κ3) is 3.04. The van der Waals surface area contributed by atoms with E-state index in [1.54, 1.807) is 12.3 Å². The van der Waals surface area contributed by atoms with Crippen LogP contribution in [0.3, 0.4) is 0 Å². The number of hydrogen-bond acceptors (Lipinski definition) is 4. The Balaban J connectivity index is 1.50. The van der Waals surface area contributed by atoms with Gasteiger partial charge in [0.25, 0.3) is 5.91 Å². The van der Waals surface area contributed by atoms with Crippen LogP contribution in [0, 0.1) is 0 Å². The van der Waals surface area contributed by atoms with Crippen LogP contribution in [0.5, 0.6) is 0 Å². The molecule has 0 spiro atoms. The van der Waals surface area contributed by atoms with Crippen molar-refractivity contribution in [3.05, 3.63) is 76.7 Å². The molecule has 0 aliphatic carbocycles. The van der Waals surface area contributed by atoms with E-state index in [0.29, 0.717) is 17.3 Å². The summed E-state index contributed by atoms with van der Waals surface area (Å²) in [5.74, 6) is -0.0890. The SMILES string of the molecule is C[C@H]1c2nn(C)c(-c3cccc(Cl)c3)c2CCN1C(=O)c1ccc2ncccc2n1. The zero-order valence-electron chi connectivity index (χ0n) is 16.7. The molecule has 0 N–H and O–H groups in total. The van der Waals surface area contributed by atoms with Gasteiger partial charge in [0, 0.05) is 35.9 Å². The smallest absolute Gasteiger partial charge is 0.273 e. The van der Waals surface area contributed by atoms with E-state index in [1.165, 1.54) is 5.56 Å². The molecule has 0 fully saturated rings. The van der Waals surface area contributed by atoms with Crippen LogP contribution < -0.4 is 0 Å². The molecule has 1 aliphatic heterocycles. The van der Waals surface area contributed by atoms with Gasteiger partial charge in [0.1, 0.15) is 5.69 Å². The van der Waals surface area contributed by atoms with Gasteiger partial charge in [0.15, 0.2) is 0 Å². The van der Waals surface area contributed by atoms with Gasteiger partial charge in [-0.05, 0) is 49.7 Å². The number of hydrogen-bond donors (Lipinski definition) is 0. The number of aryl methyl sites for hydroxylation is 1. The largest absolute Gasteiger partial charge is 0.329 e. The first-order valence-corrected chi connectivity index (χ1v) is 10.2. The van der Waals surface area contributed by atoms with Crippen LogP contribution in [0.4, 0.5) is 0 Å². The van der Waals surface area contributed by atoms with Crippen LogP contribution in [0.25, 0.3) is 22.3 Å². The summed E-state index contributed by atoms with van der Waals surface area (Å²) in [6.07, 6.45) is 2.45. The lowest BCUT2D eigenvalue weighted by atomic mass is 9.95. The topological polar surface area (TPSA) is 63.9 Å². The maximum atomic E-state index is 13.3. The summed E-state index contributed by atoms with van der Waals surface area (Å²) in [4.78, 5) is 23.9. The number of amides is 1. The average Bonchev–Trinajstić information content (AvgIpc) is 3.10. The van der Waals surface area contributed by atoms with Crippen molar-refractivity contribution in [3.8, 4) is 11.3 Å². The monoisotopic (exact) mass is 417 g/mol. The van der Waals surface area contributed by atoms with Crippen molar-refractivity contribution in [2.24, 2.45) is 7.05 Å². The molecule has 1 atom stereocenters. The molecule has 150 valence electrons. The molecule has 0 saturated heterocycles. The van der Waals surface area contributed by atoms with Crippen molar-refractivity contribution in [1.29, 1.82) is 0 Å². The summed E-state index contributed by atoms with van der Waals surface area (Å²) in [5, 5.41) is 5.46. The van der Waals surface area contributed by atoms with Gasteiger partial charge >= 0.3 is 0 Å². The van der Waals surface area contributed by atoms with Gasteiger partial charge in [-0.15, -0.1) is 0 Å². The van der Waals surface area contributed by atoms with E-state index in [1.807, 2.05) is 66.0 Å². The number of rotatable bonds is 2. The molecule has 4 aromatic rings. The van der Waals surface area contributed by atoms with Crippen LogP contribution in [0.2, 0.25) is 5.02 Å². The molecule has 0 unspecified atom stereocenters. The molecular formula is C23H20ClN5O. The minimum absolute atomic E-state index is 0.0890. The Bertz CT molecular complexity index is 1280. The summed E-state index contributed by atoms with van der Waals surface area (Å²) in [7, 11) is 1.94. The third-order valence-corrected chi connectivity index (χ3v) is 5.91.